The van der Waals surface area contributed by atoms with E-state index in [4.69, 9.17) is 27.9 Å². The third-order valence-electron chi connectivity index (χ3n) is 4.29. The second kappa shape index (κ2) is 10.1. The number of amides is 1. The molecule has 3 aromatic carbocycles. The summed E-state index contributed by atoms with van der Waals surface area (Å²) in [6.07, 6.45) is -0.609. The number of carbonyl (C=O) groups is 1. The second-order valence-corrected chi connectivity index (χ2v) is 7.10. The Morgan fingerprint density at radius 3 is 2.03 bits per heavy atom. The standard InChI is InChI=1S/C23H20Cl2N2O2/c1-2-29-23(28)27-26-22(18-10-14-20(25)15-11-18)21(16-6-4-3-5-7-16)17-8-12-19(24)13-9-17/h3-15,21H,2H2,1H3,(H,27,28). The van der Waals surface area contributed by atoms with Gasteiger partial charge in [0.05, 0.1) is 18.2 Å². The maximum Gasteiger partial charge on any atom is 0.427 e. The quantitative estimate of drug-likeness (QED) is 0.372. The van der Waals surface area contributed by atoms with Gasteiger partial charge >= 0.3 is 6.09 Å². The van der Waals surface area contributed by atoms with E-state index in [9.17, 15) is 4.79 Å². The highest BCUT2D eigenvalue weighted by atomic mass is 35.5. The summed E-state index contributed by atoms with van der Waals surface area (Å²) < 4.78 is 4.96. The van der Waals surface area contributed by atoms with Crippen LogP contribution in [0.4, 0.5) is 4.79 Å². The fraction of sp³-hybridized carbons (Fsp3) is 0.130. The van der Waals surface area contributed by atoms with Gasteiger partial charge < -0.3 is 4.74 Å². The molecule has 0 saturated carbocycles. The van der Waals surface area contributed by atoms with Crippen LogP contribution in [-0.4, -0.2) is 18.4 Å². The van der Waals surface area contributed by atoms with Crippen LogP contribution in [0.1, 0.15) is 29.5 Å². The maximum atomic E-state index is 11.9. The Labute approximate surface area is 180 Å². The smallest absolute Gasteiger partial charge is 0.427 e. The van der Waals surface area contributed by atoms with Gasteiger partial charge in [0.25, 0.3) is 0 Å². The van der Waals surface area contributed by atoms with Crippen molar-refractivity contribution in [3.8, 4) is 0 Å². The fourth-order valence-corrected chi connectivity index (χ4v) is 3.25. The van der Waals surface area contributed by atoms with Crippen LogP contribution in [0.5, 0.6) is 0 Å². The highest BCUT2D eigenvalue weighted by molar-refractivity contribution is 6.31. The van der Waals surface area contributed by atoms with Crippen molar-refractivity contribution in [1.29, 1.82) is 0 Å². The molecule has 0 aliphatic rings. The van der Waals surface area contributed by atoms with Crippen molar-refractivity contribution in [2.45, 2.75) is 12.8 Å². The van der Waals surface area contributed by atoms with Crippen LogP contribution in [-0.2, 0) is 4.74 Å². The Kier molecular flexibility index (Phi) is 7.28. The largest absolute Gasteiger partial charge is 0.449 e. The summed E-state index contributed by atoms with van der Waals surface area (Å²) in [4.78, 5) is 11.9. The predicted molar refractivity (Wildman–Crippen MR) is 118 cm³/mol. The lowest BCUT2D eigenvalue weighted by Gasteiger charge is -2.21. The Bertz CT molecular complexity index is 972. The Balaban J connectivity index is 2.13. The third kappa shape index (κ3) is 5.59. The second-order valence-electron chi connectivity index (χ2n) is 6.23. The van der Waals surface area contributed by atoms with E-state index in [2.05, 4.69) is 10.5 Å². The van der Waals surface area contributed by atoms with Crippen molar-refractivity contribution in [2.24, 2.45) is 5.10 Å². The first kappa shape index (κ1) is 20.9. The lowest BCUT2D eigenvalue weighted by Crippen LogP contribution is -2.24. The molecule has 1 atom stereocenters. The number of halogens is 2. The van der Waals surface area contributed by atoms with Crippen molar-refractivity contribution in [3.63, 3.8) is 0 Å². The molecule has 0 fully saturated rings. The third-order valence-corrected chi connectivity index (χ3v) is 4.80. The van der Waals surface area contributed by atoms with E-state index in [1.54, 1.807) is 19.1 Å². The SMILES string of the molecule is CCOC(=O)NN=C(c1ccc(Cl)cc1)C(c1ccccc1)c1ccc(Cl)cc1. The van der Waals surface area contributed by atoms with Crippen LogP contribution < -0.4 is 5.43 Å². The molecular formula is C23H20Cl2N2O2. The molecule has 1 amide bonds. The van der Waals surface area contributed by atoms with Gasteiger partial charge in [0.15, 0.2) is 0 Å². The average molecular weight is 427 g/mol. The molecular weight excluding hydrogens is 407 g/mol. The van der Waals surface area contributed by atoms with Crippen LogP contribution in [0, 0.1) is 0 Å². The number of carbonyl (C=O) groups excluding carboxylic acids is 1. The fourth-order valence-electron chi connectivity index (χ4n) is 2.99. The monoisotopic (exact) mass is 426 g/mol. The first-order valence-corrected chi connectivity index (χ1v) is 9.90. The van der Waals surface area contributed by atoms with Crippen LogP contribution in [0.2, 0.25) is 10.0 Å². The number of benzene rings is 3. The van der Waals surface area contributed by atoms with Gasteiger partial charge in [-0.25, -0.2) is 10.2 Å². The van der Waals surface area contributed by atoms with Gasteiger partial charge in [0.2, 0.25) is 0 Å². The van der Waals surface area contributed by atoms with Crippen LogP contribution in [0.3, 0.4) is 0 Å². The topological polar surface area (TPSA) is 50.7 Å². The van der Waals surface area contributed by atoms with Gasteiger partial charge in [0, 0.05) is 10.0 Å². The van der Waals surface area contributed by atoms with Crippen LogP contribution in [0.15, 0.2) is 84.0 Å². The van der Waals surface area contributed by atoms with Gasteiger partial charge in [-0.05, 0) is 47.9 Å². The first-order chi connectivity index (χ1) is 14.1. The van der Waals surface area contributed by atoms with E-state index in [0.717, 1.165) is 16.7 Å². The van der Waals surface area contributed by atoms with E-state index in [1.165, 1.54) is 0 Å². The summed E-state index contributed by atoms with van der Waals surface area (Å²) in [6.45, 7) is 2.00. The van der Waals surface area contributed by atoms with E-state index in [-0.39, 0.29) is 12.5 Å². The van der Waals surface area contributed by atoms with Gasteiger partial charge in [-0.2, -0.15) is 5.10 Å². The molecule has 0 aliphatic heterocycles. The van der Waals surface area contributed by atoms with Crippen molar-refractivity contribution >= 4 is 35.0 Å². The van der Waals surface area contributed by atoms with E-state index >= 15 is 0 Å². The molecule has 29 heavy (non-hydrogen) atoms. The Morgan fingerprint density at radius 2 is 1.45 bits per heavy atom. The van der Waals surface area contributed by atoms with Crippen LogP contribution >= 0.6 is 23.2 Å². The minimum absolute atomic E-state index is 0.239. The number of nitrogens with zero attached hydrogens (tertiary/aromatic N) is 1. The van der Waals surface area contributed by atoms with Crippen molar-refractivity contribution < 1.29 is 9.53 Å². The van der Waals surface area contributed by atoms with Crippen molar-refractivity contribution in [1.82, 2.24) is 5.43 Å². The summed E-state index contributed by atoms with van der Waals surface area (Å²) in [5, 5.41) is 5.70. The van der Waals surface area contributed by atoms with Gasteiger partial charge in [-0.1, -0.05) is 77.8 Å². The van der Waals surface area contributed by atoms with E-state index in [0.29, 0.717) is 15.8 Å². The number of hydrazone groups is 1. The zero-order chi connectivity index (χ0) is 20.6. The molecule has 3 rings (SSSR count). The Morgan fingerprint density at radius 1 is 0.897 bits per heavy atom. The van der Waals surface area contributed by atoms with Crippen molar-refractivity contribution in [2.75, 3.05) is 6.61 Å². The average Bonchev–Trinajstić information content (AvgIpc) is 2.74. The lowest BCUT2D eigenvalue weighted by molar-refractivity contribution is 0.152. The molecule has 148 valence electrons. The highest BCUT2D eigenvalue weighted by Gasteiger charge is 2.23. The maximum absolute atomic E-state index is 11.9. The van der Waals surface area contributed by atoms with Crippen molar-refractivity contribution in [3.05, 3.63) is 106 Å². The van der Waals surface area contributed by atoms with E-state index in [1.807, 2.05) is 66.7 Å². The molecule has 0 bridgehead atoms. The number of hydrogen-bond acceptors (Lipinski definition) is 3. The summed E-state index contributed by atoms with van der Waals surface area (Å²) in [5.74, 6) is -0.239. The summed E-state index contributed by atoms with van der Waals surface area (Å²) in [7, 11) is 0. The zero-order valence-corrected chi connectivity index (χ0v) is 17.3. The first-order valence-electron chi connectivity index (χ1n) is 9.15. The number of rotatable bonds is 6. The Hall–Kier alpha value is -2.82. The lowest BCUT2D eigenvalue weighted by atomic mass is 9.84. The molecule has 0 aliphatic carbocycles. The molecule has 0 radical (unpaired) electrons. The number of ether oxygens (including phenoxy) is 1. The van der Waals surface area contributed by atoms with E-state index < -0.39 is 6.09 Å². The molecule has 1 unspecified atom stereocenters. The number of nitrogens with one attached hydrogen (secondary N) is 1. The molecule has 6 heteroatoms. The van der Waals surface area contributed by atoms with Gasteiger partial charge in [-0.15, -0.1) is 0 Å². The zero-order valence-electron chi connectivity index (χ0n) is 15.8. The molecule has 1 N–H and O–H groups in total. The summed E-state index contributed by atoms with van der Waals surface area (Å²) in [6, 6.07) is 24.9. The summed E-state index contributed by atoms with van der Waals surface area (Å²) in [5.41, 5.74) is 5.99. The molecule has 3 aromatic rings. The molecule has 0 spiro atoms. The van der Waals surface area contributed by atoms with Gasteiger partial charge in [-0.3, -0.25) is 0 Å². The minimum atomic E-state index is -0.609. The predicted octanol–water partition coefficient (Wildman–Crippen LogP) is 6.28. The summed E-state index contributed by atoms with van der Waals surface area (Å²) >= 11 is 12.2. The minimum Gasteiger partial charge on any atom is -0.449 e. The highest BCUT2D eigenvalue weighted by Crippen LogP contribution is 2.30. The number of hydrogen-bond donors (Lipinski definition) is 1. The normalized spacial score (nSPS) is 12.3. The van der Waals surface area contributed by atoms with Crippen LogP contribution in [0.25, 0.3) is 0 Å². The molecule has 4 nitrogen and oxygen atoms in total. The molecule has 0 saturated heterocycles. The van der Waals surface area contributed by atoms with Gasteiger partial charge in [0.1, 0.15) is 0 Å². The molecule has 0 heterocycles. The molecule has 0 aromatic heterocycles.